The lowest BCUT2D eigenvalue weighted by Gasteiger charge is -2.24. The zero-order valence-electron chi connectivity index (χ0n) is 12.5. The average Bonchev–Trinajstić information content (AvgIpc) is 2.59. The van der Waals surface area contributed by atoms with Gasteiger partial charge in [0.15, 0.2) is 0 Å². The molecule has 1 aromatic rings. The summed E-state index contributed by atoms with van der Waals surface area (Å²) in [7, 11) is 0. The molecule has 1 aliphatic heterocycles. The zero-order chi connectivity index (χ0) is 15.8. The SMILES string of the molecule is O=C(CO)N[C@@H](C(=O)NCC1CCNCC1)c1ccccc1. The van der Waals surface area contributed by atoms with Crippen molar-refractivity contribution in [2.45, 2.75) is 18.9 Å². The average molecular weight is 305 g/mol. The molecule has 120 valence electrons. The number of aliphatic hydroxyl groups is 1. The molecular formula is C16H23N3O3. The van der Waals surface area contributed by atoms with Gasteiger partial charge in [0.2, 0.25) is 11.8 Å². The normalized spacial score (nSPS) is 16.8. The monoisotopic (exact) mass is 305 g/mol. The minimum absolute atomic E-state index is 0.244. The van der Waals surface area contributed by atoms with E-state index in [1.54, 1.807) is 12.1 Å². The van der Waals surface area contributed by atoms with Gasteiger partial charge in [-0.1, -0.05) is 30.3 Å². The molecule has 1 heterocycles. The van der Waals surface area contributed by atoms with E-state index < -0.39 is 18.6 Å². The maximum atomic E-state index is 12.4. The van der Waals surface area contributed by atoms with Crippen molar-refractivity contribution < 1.29 is 14.7 Å². The second-order valence-electron chi connectivity index (χ2n) is 5.51. The molecule has 0 radical (unpaired) electrons. The van der Waals surface area contributed by atoms with Crippen molar-refractivity contribution in [3.8, 4) is 0 Å². The van der Waals surface area contributed by atoms with Crippen LogP contribution >= 0.6 is 0 Å². The molecule has 6 nitrogen and oxygen atoms in total. The van der Waals surface area contributed by atoms with Crippen molar-refractivity contribution in [2.75, 3.05) is 26.2 Å². The van der Waals surface area contributed by atoms with Gasteiger partial charge in [0.1, 0.15) is 12.6 Å². The van der Waals surface area contributed by atoms with E-state index in [1.807, 2.05) is 18.2 Å². The number of amides is 2. The van der Waals surface area contributed by atoms with Crippen LogP contribution in [0.15, 0.2) is 30.3 Å². The second kappa shape index (κ2) is 8.51. The summed E-state index contributed by atoms with van der Waals surface area (Å²) in [5.74, 6) is -0.340. The van der Waals surface area contributed by atoms with Gasteiger partial charge in [-0.25, -0.2) is 0 Å². The maximum absolute atomic E-state index is 12.4. The van der Waals surface area contributed by atoms with Crippen LogP contribution in [0.4, 0.5) is 0 Å². The van der Waals surface area contributed by atoms with E-state index in [2.05, 4.69) is 16.0 Å². The molecular weight excluding hydrogens is 282 g/mol. The molecule has 0 aromatic heterocycles. The zero-order valence-corrected chi connectivity index (χ0v) is 12.5. The van der Waals surface area contributed by atoms with Crippen LogP contribution in [0.2, 0.25) is 0 Å². The van der Waals surface area contributed by atoms with Crippen LogP contribution < -0.4 is 16.0 Å². The van der Waals surface area contributed by atoms with Crippen molar-refractivity contribution in [2.24, 2.45) is 5.92 Å². The summed E-state index contributed by atoms with van der Waals surface area (Å²) in [6.45, 7) is 1.93. The highest BCUT2D eigenvalue weighted by Gasteiger charge is 2.23. The predicted octanol–water partition coefficient (Wildman–Crippen LogP) is -0.0480. The summed E-state index contributed by atoms with van der Waals surface area (Å²) in [4.78, 5) is 23.9. The van der Waals surface area contributed by atoms with Crippen LogP contribution in [0.5, 0.6) is 0 Å². The summed E-state index contributed by atoms with van der Waals surface area (Å²) >= 11 is 0. The third-order valence-electron chi connectivity index (χ3n) is 3.87. The van der Waals surface area contributed by atoms with Crippen molar-refractivity contribution in [1.82, 2.24) is 16.0 Å². The van der Waals surface area contributed by atoms with Crippen LogP contribution in [-0.4, -0.2) is 43.2 Å². The number of carbonyl (C=O) groups is 2. The molecule has 6 heteroatoms. The van der Waals surface area contributed by atoms with Gasteiger partial charge >= 0.3 is 0 Å². The minimum atomic E-state index is -0.775. The van der Waals surface area contributed by atoms with E-state index in [1.165, 1.54) is 0 Å². The van der Waals surface area contributed by atoms with E-state index in [4.69, 9.17) is 5.11 Å². The maximum Gasteiger partial charge on any atom is 0.247 e. The van der Waals surface area contributed by atoms with E-state index >= 15 is 0 Å². The number of rotatable bonds is 6. The number of carbonyl (C=O) groups excluding carboxylic acids is 2. The van der Waals surface area contributed by atoms with E-state index in [-0.39, 0.29) is 5.91 Å². The molecule has 2 amide bonds. The van der Waals surface area contributed by atoms with E-state index in [9.17, 15) is 9.59 Å². The molecule has 0 saturated carbocycles. The number of hydrogen-bond acceptors (Lipinski definition) is 4. The lowest BCUT2D eigenvalue weighted by atomic mass is 9.98. The van der Waals surface area contributed by atoms with Crippen molar-refractivity contribution in [3.05, 3.63) is 35.9 Å². The Balaban J connectivity index is 1.97. The first kappa shape index (κ1) is 16.5. The third-order valence-corrected chi connectivity index (χ3v) is 3.87. The van der Waals surface area contributed by atoms with Gasteiger partial charge in [0.05, 0.1) is 0 Å². The van der Waals surface area contributed by atoms with Crippen molar-refractivity contribution in [3.63, 3.8) is 0 Å². The van der Waals surface area contributed by atoms with Crippen LogP contribution in [-0.2, 0) is 9.59 Å². The molecule has 1 fully saturated rings. The molecule has 0 unspecified atom stereocenters. The minimum Gasteiger partial charge on any atom is -0.387 e. The van der Waals surface area contributed by atoms with Gasteiger partial charge < -0.3 is 21.1 Å². The fourth-order valence-electron chi connectivity index (χ4n) is 2.59. The quantitative estimate of drug-likeness (QED) is 0.593. The van der Waals surface area contributed by atoms with Gasteiger partial charge in [0, 0.05) is 6.54 Å². The highest BCUT2D eigenvalue weighted by Crippen LogP contribution is 2.14. The molecule has 1 aliphatic rings. The molecule has 2 rings (SSSR count). The van der Waals surface area contributed by atoms with Crippen LogP contribution in [0, 0.1) is 5.92 Å². The van der Waals surface area contributed by atoms with E-state index in [0.29, 0.717) is 18.0 Å². The Morgan fingerprint density at radius 2 is 1.91 bits per heavy atom. The molecule has 22 heavy (non-hydrogen) atoms. The van der Waals surface area contributed by atoms with Crippen LogP contribution in [0.3, 0.4) is 0 Å². The fourth-order valence-corrected chi connectivity index (χ4v) is 2.59. The first-order chi connectivity index (χ1) is 10.7. The summed E-state index contributed by atoms with van der Waals surface area (Å²) in [6.07, 6.45) is 2.08. The molecule has 0 spiro atoms. The third kappa shape index (κ3) is 4.82. The van der Waals surface area contributed by atoms with Crippen LogP contribution in [0.25, 0.3) is 0 Å². The van der Waals surface area contributed by atoms with Crippen LogP contribution in [0.1, 0.15) is 24.4 Å². The van der Waals surface area contributed by atoms with Crippen molar-refractivity contribution in [1.29, 1.82) is 0 Å². The lowest BCUT2D eigenvalue weighted by molar-refractivity contribution is -0.130. The molecule has 1 saturated heterocycles. The highest BCUT2D eigenvalue weighted by molar-refractivity contribution is 5.88. The number of benzene rings is 1. The first-order valence-corrected chi connectivity index (χ1v) is 7.64. The number of nitrogens with one attached hydrogen (secondary N) is 3. The molecule has 1 atom stereocenters. The Hall–Kier alpha value is -1.92. The molecule has 0 aliphatic carbocycles. The fraction of sp³-hybridized carbons (Fsp3) is 0.500. The van der Waals surface area contributed by atoms with Gasteiger partial charge in [-0.15, -0.1) is 0 Å². The Kier molecular flexibility index (Phi) is 6.36. The largest absolute Gasteiger partial charge is 0.387 e. The number of aliphatic hydroxyl groups excluding tert-OH is 1. The highest BCUT2D eigenvalue weighted by atomic mass is 16.3. The Morgan fingerprint density at radius 3 is 2.55 bits per heavy atom. The summed E-state index contributed by atoms with van der Waals surface area (Å²) in [5, 5.41) is 17.7. The molecule has 4 N–H and O–H groups in total. The standard InChI is InChI=1S/C16H23N3O3/c20-11-14(21)19-15(13-4-2-1-3-5-13)16(22)18-10-12-6-8-17-9-7-12/h1-5,12,15,17,20H,6-11H2,(H,18,22)(H,19,21)/t15-/m1/s1. The molecule has 1 aromatic carbocycles. The number of hydrogen-bond donors (Lipinski definition) is 4. The number of piperidine rings is 1. The molecule has 0 bridgehead atoms. The van der Waals surface area contributed by atoms with E-state index in [0.717, 1.165) is 25.9 Å². The predicted molar refractivity (Wildman–Crippen MR) is 83.0 cm³/mol. The second-order valence-corrected chi connectivity index (χ2v) is 5.51. The summed E-state index contributed by atoms with van der Waals surface area (Å²) in [6, 6.07) is 8.27. The topological polar surface area (TPSA) is 90.5 Å². The van der Waals surface area contributed by atoms with Gasteiger partial charge in [-0.2, -0.15) is 0 Å². The Bertz CT molecular complexity index is 487. The Labute approximate surface area is 130 Å². The van der Waals surface area contributed by atoms with Crippen molar-refractivity contribution >= 4 is 11.8 Å². The smallest absolute Gasteiger partial charge is 0.247 e. The summed E-state index contributed by atoms with van der Waals surface area (Å²) in [5.41, 5.74) is 0.701. The summed E-state index contributed by atoms with van der Waals surface area (Å²) < 4.78 is 0. The van der Waals surface area contributed by atoms with Gasteiger partial charge in [-0.3, -0.25) is 9.59 Å². The Morgan fingerprint density at radius 1 is 1.23 bits per heavy atom. The lowest BCUT2D eigenvalue weighted by Crippen LogP contribution is -2.43. The van der Waals surface area contributed by atoms with Gasteiger partial charge in [0.25, 0.3) is 0 Å². The van der Waals surface area contributed by atoms with Gasteiger partial charge in [-0.05, 0) is 37.4 Å². The first-order valence-electron chi connectivity index (χ1n) is 7.64.